The molecule has 0 saturated heterocycles. The largest absolute Gasteiger partial charge is 0.380 e. The zero-order valence-electron chi connectivity index (χ0n) is 10.7. The summed E-state index contributed by atoms with van der Waals surface area (Å²) in [7, 11) is -4.31. The van der Waals surface area contributed by atoms with Crippen LogP contribution in [-0.4, -0.2) is 34.1 Å². The molecule has 0 bridgehead atoms. The molecular weight excluding hydrogens is 311 g/mol. The smallest absolute Gasteiger partial charge is 0.254 e. The van der Waals surface area contributed by atoms with Gasteiger partial charge in [-0.25, -0.2) is 17.9 Å². The second kappa shape index (κ2) is 6.98. The van der Waals surface area contributed by atoms with Crippen LogP contribution in [0.2, 0.25) is 5.02 Å². The summed E-state index contributed by atoms with van der Waals surface area (Å²) in [5.74, 6) is -2.03. The quantitative estimate of drug-likeness (QED) is 0.759. The summed E-state index contributed by atoms with van der Waals surface area (Å²) >= 11 is 5.66. The number of carbonyl (C=O) groups excluding carboxylic acids is 1. The predicted molar refractivity (Wildman–Crippen MR) is 71.6 cm³/mol. The third-order valence-corrected chi connectivity index (χ3v) is 3.42. The third kappa shape index (κ3) is 4.41. The lowest BCUT2D eigenvalue weighted by Gasteiger charge is -2.09. The molecule has 0 radical (unpaired) electrons. The Hall–Kier alpha value is -1.22. The topological polar surface area (TPSA) is 98.5 Å². The second-order valence-corrected chi connectivity index (χ2v) is 5.73. The maximum Gasteiger partial charge on any atom is 0.254 e. The Morgan fingerprint density at radius 2 is 2.15 bits per heavy atom. The van der Waals surface area contributed by atoms with E-state index in [0.717, 1.165) is 12.1 Å². The molecule has 0 fully saturated rings. The van der Waals surface area contributed by atoms with Crippen molar-refractivity contribution in [3.05, 3.63) is 28.5 Å². The van der Waals surface area contributed by atoms with Gasteiger partial charge in [0.15, 0.2) is 5.82 Å². The highest BCUT2D eigenvalue weighted by Crippen LogP contribution is 2.22. The van der Waals surface area contributed by atoms with Crippen LogP contribution in [0.1, 0.15) is 17.3 Å². The van der Waals surface area contributed by atoms with Gasteiger partial charge in [-0.15, -0.1) is 0 Å². The van der Waals surface area contributed by atoms with Crippen LogP contribution in [0.15, 0.2) is 17.0 Å². The van der Waals surface area contributed by atoms with Gasteiger partial charge in [0.25, 0.3) is 5.91 Å². The van der Waals surface area contributed by atoms with E-state index in [4.69, 9.17) is 21.5 Å². The van der Waals surface area contributed by atoms with Gasteiger partial charge < -0.3 is 10.1 Å². The summed E-state index contributed by atoms with van der Waals surface area (Å²) in [4.78, 5) is 10.9. The Balaban J connectivity index is 3.01. The average molecular weight is 325 g/mol. The van der Waals surface area contributed by atoms with E-state index in [1.807, 2.05) is 0 Å². The van der Waals surface area contributed by atoms with E-state index in [1.165, 1.54) is 0 Å². The van der Waals surface area contributed by atoms with Crippen LogP contribution in [0.25, 0.3) is 0 Å². The van der Waals surface area contributed by atoms with Gasteiger partial charge in [-0.3, -0.25) is 4.79 Å². The summed E-state index contributed by atoms with van der Waals surface area (Å²) in [6.45, 7) is 2.68. The Bertz CT molecular complexity index is 607. The fourth-order valence-corrected chi connectivity index (χ4v) is 2.35. The minimum Gasteiger partial charge on any atom is -0.380 e. The van der Waals surface area contributed by atoms with Crippen molar-refractivity contribution < 1.29 is 22.3 Å². The van der Waals surface area contributed by atoms with Gasteiger partial charge >= 0.3 is 0 Å². The average Bonchev–Trinajstić information content (AvgIpc) is 2.35. The molecule has 1 rings (SSSR count). The first-order chi connectivity index (χ1) is 9.27. The van der Waals surface area contributed by atoms with E-state index in [1.54, 1.807) is 6.92 Å². The molecule has 1 aromatic rings. The minimum absolute atomic E-state index is 0.106. The Labute approximate surface area is 121 Å². The van der Waals surface area contributed by atoms with E-state index >= 15 is 0 Å². The molecule has 1 amide bonds. The number of carbonyl (C=O) groups is 1. The van der Waals surface area contributed by atoms with E-state index < -0.39 is 32.2 Å². The first-order valence-corrected chi connectivity index (χ1v) is 7.57. The summed E-state index contributed by atoms with van der Waals surface area (Å²) in [5.41, 5.74) is -0.488. The van der Waals surface area contributed by atoms with Gasteiger partial charge in [-0.2, -0.15) is 0 Å². The molecule has 9 heteroatoms. The van der Waals surface area contributed by atoms with Crippen LogP contribution >= 0.6 is 11.6 Å². The number of sulfonamides is 1. The van der Waals surface area contributed by atoms with Gasteiger partial charge in [-0.1, -0.05) is 11.6 Å². The normalized spacial score (nSPS) is 11.4. The maximum atomic E-state index is 14.0. The van der Waals surface area contributed by atoms with E-state index in [2.05, 4.69) is 5.32 Å². The molecule has 0 spiro atoms. The number of primary sulfonamides is 1. The first-order valence-electron chi connectivity index (χ1n) is 5.65. The van der Waals surface area contributed by atoms with Gasteiger partial charge in [0, 0.05) is 18.2 Å². The number of hydrogen-bond acceptors (Lipinski definition) is 4. The summed E-state index contributed by atoms with van der Waals surface area (Å²) in [6.07, 6.45) is 0. The zero-order chi connectivity index (χ0) is 15.3. The van der Waals surface area contributed by atoms with Crippen LogP contribution in [0.5, 0.6) is 0 Å². The van der Waals surface area contributed by atoms with Gasteiger partial charge in [0.2, 0.25) is 10.0 Å². The van der Waals surface area contributed by atoms with Gasteiger partial charge in [0.05, 0.1) is 12.2 Å². The van der Waals surface area contributed by atoms with Crippen LogP contribution < -0.4 is 10.5 Å². The van der Waals surface area contributed by atoms with Crippen molar-refractivity contribution in [1.29, 1.82) is 0 Å². The van der Waals surface area contributed by atoms with Crippen molar-refractivity contribution in [2.45, 2.75) is 11.8 Å². The van der Waals surface area contributed by atoms with Crippen molar-refractivity contribution >= 4 is 27.5 Å². The van der Waals surface area contributed by atoms with Crippen molar-refractivity contribution in [1.82, 2.24) is 5.32 Å². The number of ether oxygens (including phenoxy) is 1. The molecule has 20 heavy (non-hydrogen) atoms. The SMILES string of the molecule is CCOCCNC(=O)c1cc(Cl)cc(S(N)(=O)=O)c1F. The molecular formula is C11H14ClFN2O4S. The van der Waals surface area contributed by atoms with Gasteiger partial charge in [0.1, 0.15) is 4.90 Å². The molecule has 0 aliphatic heterocycles. The Morgan fingerprint density at radius 3 is 2.70 bits per heavy atom. The van der Waals surface area contributed by atoms with Crippen LogP contribution in [0.3, 0.4) is 0 Å². The lowest BCUT2D eigenvalue weighted by Crippen LogP contribution is -2.29. The van der Waals surface area contributed by atoms with Crippen molar-refractivity contribution in [2.24, 2.45) is 5.14 Å². The van der Waals surface area contributed by atoms with Gasteiger partial charge in [-0.05, 0) is 19.1 Å². The second-order valence-electron chi connectivity index (χ2n) is 3.76. The molecule has 0 heterocycles. The van der Waals surface area contributed by atoms with Crippen molar-refractivity contribution in [2.75, 3.05) is 19.8 Å². The molecule has 0 unspecified atom stereocenters. The van der Waals surface area contributed by atoms with E-state index in [0.29, 0.717) is 6.61 Å². The lowest BCUT2D eigenvalue weighted by molar-refractivity contribution is 0.0918. The number of benzene rings is 1. The highest BCUT2D eigenvalue weighted by Gasteiger charge is 2.22. The molecule has 0 atom stereocenters. The van der Waals surface area contributed by atoms with Crippen LogP contribution in [0.4, 0.5) is 4.39 Å². The molecule has 0 aliphatic rings. The number of rotatable bonds is 6. The predicted octanol–water partition coefficient (Wildman–Crippen LogP) is 0.893. The summed E-state index contributed by atoms with van der Waals surface area (Å²) in [5, 5.41) is 7.13. The summed E-state index contributed by atoms with van der Waals surface area (Å²) in [6, 6.07) is 1.88. The summed E-state index contributed by atoms with van der Waals surface area (Å²) < 4.78 is 41.4. The van der Waals surface area contributed by atoms with Crippen LogP contribution in [0, 0.1) is 5.82 Å². The number of amides is 1. The minimum atomic E-state index is -4.31. The number of halogens is 2. The highest BCUT2D eigenvalue weighted by atomic mass is 35.5. The Morgan fingerprint density at radius 1 is 1.50 bits per heavy atom. The number of nitrogens with two attached hydrogens (primary N) is 1. The molecule has 112 valence electrons. The molecule has 3 N–H and O–H groups in total. The standard InChI is InChI=1S/C11H14ClFN2O4S/c1-2-19-4-3-15-11(16)8-5-7(12)6-9(10(8)13)20(14,17)18/h5-6H,2-4H2,1H3,(H,15,16)(H2,14,17,18). The van der Waals surface area contributed by atoms with Crippen molar-refractivity contribution in [3.8, 4) is 0 Å². The number of nitrogens with one attached hydrogen (secondary N) is 1. The number of hydrogen-bond donors (Lipinski definition) is 2. The third-order valence-electron chi connectivity index (χ3n) is 2.29. The monoisotopic (exact) mass is 324 g/mol. The van der Waals surface area contributed by atoms with Crippen LogP contribution in [-0.2, 0) is 14.8 Å². The fourth-order valence-electron chi connectivity index (χ4n) is 1.41. The zero-order valence-corrected chi connectivity index (χ0v) is 12.2. The van der Waals surface area contributed by atoms with E-state index in [-0.39, 0.29) is 18.2 Å². The van der Waals surface area contributed by atoms with Crippen molar-refractivity contribution in [3.63, 3.8) is 0 Å². The molecule has 0 saturated carbocycles. The molecule has 1 aromatic carbocycles. The molecule has 6 nitrogen and oxygen atoms in total. The lowest BCUT2D eigenvalue weighted by atomic mass is 10.2. The van der Waals surface area contributed by atoms with E-state index in [9.17, 15) is 17.6 Å². The molecule has 0 aliphatic carbocycles. The fraction of sp³-hybridized carbons (Fsp3) is 0.364. The Kier molecular flexibility index (Phi) is 5.88. The first kappa shape index (κ1) is 16.8. The molecule has 0 aromatic heterocycles. The maximum absolute atomic E-state index is 14.0. The highest BCUT2D eigenvalue weighted by molar-refractivity contribution is 7.89.